The Labute approximate surface area is 118 Å². The van der Waals surface area contributed by atoms with Crippen LogP contribution in [0, 0.1) is 5.82 Å². The Balaban J connectivity index is 2.22. The molecule has 104 valence electrons. The van der Waals surface area contributed by atoms with E-state index in [0.29, 0.717) is 15.8 Å². The molecule has 1 atom stereocenters. The van der Waals surface area contributed by atoms with Gasteiger partial charge in [0.1, 0.15) is 11.6 Å². The first-order valence-electron chi connectivity index (χ1n) is 6.10. The first-order valence-corrected chi connectivity index (χ1v) is 6.89. The lowest BCUT2D eigenvalue weighted by Crippen LogP contribution is -2.15. The molecule has 0 saturated heterocycles. The van der Waals surface area contributed by atoms with Crippen molar-refractivity contribution in [2.75, 3.05) is 0 Å². The van der Waals surface area contributed by atoms with Crippen LogP contribution in [-0.2, 0) is 4.79 Å². The predicted octanol–water partition coefficient (Wildman–Crippen LogP) is 2.99. The fourth-order valence-electron chi connectivity index (χ4n) is 1.77. The van der Waals surface area contributed by atoms with Crippen LogP contribution in [0.5, 0.6) is 5.75 Å². The highest BCUT2D eigenvalue weighted by atomic mass is 79.9. The lowest BCUT2D eigenvalue weighted by molar-refractivity contribution is -0.137. The molecule has 3 N–H and O–H groups in total. The van der Waals surface area contributed by atoms with Gasteiger partial charge in [0, 0.05) is 18.0 Å². The van der Waals surface area contributed by atoms with E-state index >= 15 is 0 Å². The summed E-state index contributed by atoms with van der Waals surface area (Å²) in [5, 5.41) is 8.67. The van der Waals surface area contributed by atoms with E-state index in [4.69, 9.17) is 15.6 Å². The average Bonchev–Trinajstić information content (AvgIpc) is 3.13. The lowest BCUT2D eigenvalue weighted by atomic mass is 10.0. The van der Waals surface area contributed by atoms with Gasteiger partial charge in [-0.05, 0) is 47.3 Å². The summed E-state index contributed by atoms with van der Waals surface area (Å²) in [6.45, 7) is 0. The van der Waals surface area contributed by atoms with Crippen LogP contribution in [0.25, 0.3) is 0 Å². The van der Waals surface area contributed by atoms with Gasteiger partial charge < -0.3 is 15.6 Å². The molecule has 6 heteroatoms. The summed E-state index contributed by atoms with van der Waals surface area (Å²) in [5.74, 6) is -0.812. The maximum atomic E-state index is 13.5. The highest BCUT2D eigenvalue weighted by Crippen LogP contribution is 2.38. The first-order chi connectivity index (χ1) is 8.97. The Kier molecular flexibility index (Phi) is 4.42. The van der Waals surface area contributed by atoms with Crippen LogP contribution < -0.4 is 10.5 Å². The first kappa shape index (κ1) is 14.3. The second-order valence-electron chi connectivity index (χ2n) is 4.66. The van der Waals surface area contributed by atoms with Gasteiger partial charge in [-0.25, -0.2) is 4.39 Å². The number of rotatable bonds is 6. The third-order valence-electron chi connectivity index (χ3n) is 2.91. The van der Waals surface area contributed by atoms with E-state index in [0.717, 1.165) is 12.8 Å². The van der Waals surface area contributed by atoms with E-state index in [1.807, 2.05) is 0 Å². The van der Waals surface area contributed by atoms with Gasteiger partial charge in [0.05, 0.1) is 10.6 Å². The van der Waals surface area contributed by atoms with E-state index in [2.05, 4.69) is 15.9 Å². The lowest BCUT2D eigenvalue weighted by Gasteiger charge is -2.18. The maximum absolute atomic E-state index is 13.5. The van der Waals surface area contributed by atoms with Crippen molar-refractivity contribution in [3.8, 4) is 5.75 Å². The van der Waals surface area contributed by atoms with E-state index < -0.39 is 17.8 Å². The molecule has 2 rings (SSSR count). The van der Waals surface area contributed by atoms with Crippen LogP contribution in [0.15, 0.2) is 16.6 Å². The summed E-state index contributed by atoms with van der Waals surface area (Å²) < 4.78 is 19.7. The molecule has 1 aliphatic carbocycles. The number of hydrogen-bond donors (Lipinski definition) is 2. The molecule has 1 fully saturated rings. The Bertz CT molecular complexity index is 491. The van der Waals surface area contributed by atoms with Gasteiger partial charge in [-0.3, -0.25) is 4.79 Å². The summed E-state index contributed by atoms with van der Waals surface area (Å²) >= 11 is 3.27. The Hall–Kier alpha value is -1.14. The number of benzene rings is 1. The molecular weight excluding hydrogens is 317 g/mol. The standard InChI is InChI=1S/C13H15BrFNO3/c14-10-6-7(15)5-9(11(16)3-4-12(17)18)13(10)19-8-1-2-8/h5-6,8,11H,1-4,16H2,(H,17,18). The smallest absolute Gasteiger partial charge is 0.303 e. The topological polar surface area (TPSA) is 72.6 Å². The number of ether oxygens (including phenoxy) is 1. The van der Waals surface area contributed by atoms with E-state index in [9.17, 15) is 9.18 Å². The second-order valence-corrected chi connectivity index (χ2v) is 5.52. The Morgan fingerprint density at radius 3 is 2.84 bits per heavy atom. The molecule has 0 aliphatic heterocycles. The highest BCUT2D eigenvalue weighted by Gasteiger charge is 2.27. The van der Waals surface area contributed by atoms with Gasteiger partial charge in [0.25, 0.3) is 0 Å². The van der Waals surface area contributed by atoms with Crippen LogP contribution in [0.2, 0.25) is 0 Å². The number of nitrogens with two attached hydrogens (primary N) is 1. The molecule has 0 heterocycles. The van der Waals surface area contributed by atoms with Gasteiger partial charge >= 0.3 is 5.97 Å². The molecule has 1 saturated carbocycles. The van der Waals surface area contributed by atoms with Gasteiger partial charge in [0.15, 0.2) is 0 Å². The maximum Gasteiger partial charge on any atom is 0.303 e. The number of hydrogen-bond acceptors (Lipinski definition) is 3. The number of halogens is 2. The van der Waals surface area contributed by atoms with Crippen LogP contribution in [0.4, 0.5) is 4.39 Å². The number of carbonyl (C=O) groups is 1. The van der Waals surface area contributed by atoms with E-state index in [1.165, 1.54) is 12.1 Å². The van der Waals surface area contributed by atoms with Crippen molar-refractivity contribution >= 4 is 21.9 Å². The summed E-state index contributed by atoms with van der Waals surface area (Å²) in [4.78, 5) is 10.6. The van der Waals surface area contributed by atoms with E-state index in [1.54, 1.807) is 0 Å². The largest absolute Gasteiger partial charge is 0.489 e. The molecule has 0 amide bonds. The molecular formula is C13H15BrFNO3. The normalized spacial score (nSPS) is 16.2. The molecule has 4 nitrogen and oxygen atoms in total. The van der Waals surface area contributed by atoms with Gasteiger partial charge in [-0.1, -0.05) is 0 Å². The molecule has 1 unspecified atom stereocenters. The van der Waals surface area contributed by atoms with Crippen molar-refractivity contribution in [3.05, 3.63) is 28.0 Å². The highest BCUT2D eigenvalue weighted by molar-refractivity contribution is 9.10. The summed E-state index contributed by atoms with van der Waals surface area (Å²) in [7, 11) is 0. The molecule has 1 aliphatic rings. The monoisotopic (exact) mass is 331 g/mol. The van der Waals surface area contributed by atoms with E-state index in [-0.39, 0.29) is 18.9 Å². The zero-order valence-electron chi connectivity index (χ0n) is 10.2. The van der Waals surface area contributed by atoms with Crippen LogP contribution in [0.3, 0.4) is 0 Å². The minimum Gasteiger partial charge on any atom is -0.489 e. The fourth-order valence-corrected chi connectivity index (χ4v) is 2.31. The van der Waals surface area contributed by atoms with Crippen molar-refractivity contribution in [1.29, 1.82) is 0 Å². The van der Waals surface area contributed by atoms with Crippen LogP contribution in [0.1, 0.15) is 37.3 Å². The van der Waals surface area contributed by atoms with Crippen molar-refractivity contribution in [2.45, 2.75) is 37.8 Å². The molecule has 1 aromatic rings. The van der Waals surface area contributed by atoms with Crippen molar-refractivity contribution in [2.24, 2.45) is 5.73 Å². The van der Waals surface area contributed by atoms with Crippen molar-refractivity contribution in [1.82, 2.24) is 0 Å². The minimum absolute atomic E-state index is 0.0574. The minimum atomic E-state index is -0.921. The molecule has 0 bridgehead atoms. The molecule has 0 radical (unpaired) electrons. The molecule has 0 aromatic heterocycles. The molecule has 0 spiro atoms. The van der Waals surface area contributed by atoms with Crippen LogP contribution in [-0.4, -0.2) is 17.2 Å². The third kappa shape index (κ3) is 3.91. The quantitative estimate of drug-likeness (QED) is 0.840. The van der Waals surface area contributed by atoms with Gasteiger partial charge in [-0.15, -0.1) is 0 Å². The average molecular weight is 332 g/mol. The second kappa shape index (κ2) is 5.88. The van der Waals surface area contributed by atoms with Crippen molar-refractivity contribution in [3.63, 3.8) is 0 Å². The van der Waals surface area contributed by atoms with Gasteiger partial charge in [-0.2, -0.15) is 0 Å². The van der Waals surface area contributed by atoms with Gasteiger partial charge in [0.2, 0.25) is 0 Å². The zero-order valence-corrected chi connectivity index (χ0v) is 11.8. The SMILES string of the molecule is NC(CCC(=O)O)c1cc(F)cc(Br)c1OC1CC1. The number of carboxylic acids is 1. The van der Waals surface area contributed by atoms with Crippen LogP contribution >= 0.6 is 15.9 Å². The Morgan fingerprint density at radius 2 is 2.26 bits per heavy atom. The Morgan fingerprint density at radius 1 is 1.58 bits per heavy atom. The molecule has 19 heavy (non-hydrogen) atoms. The number of carboxylic acid groups (broad SMARTS) is 1. The fraction of sp³-hybridized carbons (Fsp3) is 0.462. The zero-order chi connectivity index (χ0) is 14.0. The summed E-state index contributed by atoms with van der Waals surface area (Å²) in [6.07, 6.45) is 2.30. The third-order valence-corrected chi connectivity index (χ3v) is 3.50. The summed E-state index contributed by atoms with van der Waals surface area (Å²) in [6, 6.07) is 2.08. The summed E-state index contributed by atoms with van der Waals surface area (Å²) in [5.41, 5.74) is 6.46. The molecule has 1 aromatic carbocycles. The number of aliphatic carboxylic acids is 1. The van der Waals surface area contributed by atoms with Crippen molar-refractivity contribution < 1.29 is 19.0 Å². The predicted molar refractivity (Wildman–Crippen MR) is 71.5 cm³/mol.